The average Bonchev–Trinajstić information content (AvgIpc) is 2.84. The summed E-state index contributed by atoms with van der Waals surface area (Å²) in [5.41, 5.74) is -0.317. The van der Waals surface area contributed by atoms with Gasteiger partial charge in [0.2, 0.25) is 0 Å². The first kappa shape index (κ1) is 18.7. The number of hydrogen-bond donors (Lipinski definition) is 1. The van der Waals surface area contributed by atoms with Gasteiger partial charge in [0, 0.05) is 16.0 Å². The zero-order valence-electron chi connectivity index (χ0n) is 14.2. The maximum absolute atomic E-state index is 12.8. The highest BCUT2D eigenvalue weighted by atomic mass is 79.9. The van der Waals surface area contributed by atoms with E-state index >= 15 is 0 Å². The Morgan fingerprint density at radius 2 is 1.92 bits per heavy atom. The number of urea groups is 1. The fourth-order valence-electron chi connectivity index (χ4n) is 2.84. The third-order valence-corrected chi connectivity index (χ3v) is 5.03. The summed E-state index contributed by atoms with van der Waals surface area (Å²) in [4.78, 5) is 26.4. The smallest absolute Gasteiger partial charge is 0.325 e. The largest absolute Gasteiger partial charge is 0.494 e. The molecule has 3 amide bonds. The normalized spacial score (nSPS) is 19.6. The van der Waals surface area contributed by atoms with Crippen molar-refractivity contribution in [1.82, 2.24) is 10.2 Å². The van der Waals surface area contributed by atoms with Gasteiger partial charge in [-0.2, -0.15) is 0 Å². The van der Waals surface area contributed by atoms with Crippen molar-refractivity contribution in [1.29, 1.82) is 0 Å². The molecule has 1 atom stereocenters. The van der Waals surface area contributed by atoms with Crippen LogP contribution >= 0.6 is 27.5 Å². The molecular weight excluding hydrogens is 420 g/mol. The van der Waals surface area contributed by atoms with Gasteiger partial charge in [-0.05, 0) is 55.3 Å². The Morgan fingerprint density at radius 1 is 1.19 bits per heavy atom. The predicted molar refractivity (Wildman–Crippen MR) is 103 cm³/mol. The van der Waals surface area contributed by atoms with Crippen LogP contribution in [0.2, 0.25) is 5.02 Å². The lowest BCUT2D eigenvalue weighted by Gasteiger charge is -2.22. The summed E-state index contributed by atoms with van der Waals surface area (Å²) >= 11 is 9.23. The highest BCUT2D eigenvalue weighted by Crippen LogP contribution is 2.30. The number of hydrogen-bond acceptors (Lipinski definition) is 3. The number of benzene rings is 2. The number of imide groups is 1. The maximum atomic E-state index is 12.8. The maximum Gasteiger partial charge on any atom is 0.325 e. The summed E-state index contributed by atoms with van der Waals surface area (Å²) in [5.74, 6) is 0.442. The Kier molecular flexibility index (Phi) is 5.53. The van der Waals surface area contributed by atoms with E-state index in [1.807, 2.05) is 24.3 Å². The minimum atomic E-state index is -1.06. The van der Waals surface area contributed by atoms with Gasteiger partial charge in [0.25, 0.3) is 5.91 Å². The van der Waals surface area contributed by atoms with Crippen LogP contribution in [0.3, 0.4) is 0 Å². The van der Waals surface area contributed by atoms with E-state index in [2.05, 4.69) is 21.2 Å². The van der Waals surface area contributed by atoms with E-state index in [9.17, 15) is 9.59 Å². The standard InChI is InChI=1S/C19H18BrClN2O3/c1-19(13-4-2-5-14(20)12-13)17(24)23(18(25)22-19)10-3-11-26-16-8-6-15(21)7-9-16/h2,4-9,12H,3,10-11H2,1H3,(H,22,25). The van der Waals surface area contributed by atoms with Crippen LogP contribution in [-0.2, 0) is 10.3 Å². The molecule has 1 aliphatic rings. The van der Waals surface area contributed by atoms with Crippen molar-refractivity contribution in [3.63, 3.8) is 0 Å². The molecule has 1 N–H and O–H groups in total. The van der Waals surface area contributed by atoms with Crippen molar-refractivity contribution >= 4 is 39.5 Å². The lowest BCUT2D eigenvalue weighted by Crippen LogP contribution is -2.41. The summed E-state index contributed by atoms with van der Waals surface area (Å²) in [6, 6.07) is 14.0. The number of carbonyl (C=O) groups is 2. The summed E-state index contributed by atoms with van der Waals surface area (Å²) in [7, 11) is 0. The minimum Gasteiger partial charge on any atom is -0.494 e. The highest BCUT2D eigenvalue weighted by Gasteiger charge is 2.48. The Morgan fingerprint density at radius 3 is 2.62 bits per heavy atom. The van der Waals surface area contributed by atoms with Gasteiger partial charge < -0.3 is 10.1 Å². The van der Waals surface area contributed by atoms with Crippen LogP contribution in [0, 0.1) is 0 Å². The van der Waals surface area contributed by atoms with Crippen LogP contribution in [0.4, 0.5) is 4.79 Å². The van der Waals surface area contributed by atoms with E-state index in [0.717, 1.165) is 10.0 Å². The van der Waals surface area contributed by atoms with Crippen LogP contribution < -0.4 is 10.1 Å². The molecular formula is C19H18BrClN2O3. The number of nitrogens with one attached hydrogen (secondary N) is 1. The van der Waals surface area contributed by atoms with E-state index in [4.69, 9.17) is 16.3 Å². The number of nitrogens with zero attached hydrogens (tertiary/aromatic N) is 1. The Bertz CT molecular complexity index is 828. The molecule has 1 unspecified atom stereocenters. The summed E-state index contributed by atoms with van der Waals surface area (Å²) in [5, 5.41) is 3.44. The molecule has 26 heavy (non-hydrogen) atoms. The molecule has 2 aromatic carbocycles. The molecule has 1 fully saturated rings. The van der Waals surface area contributed by atoms with Crippen LogP contribution in [0.1, 0.15) is 18.9 Å². The fourth-order valence-corrected chi connectivity index (χ4v) is 3.36. The molecule has 0 spiro atoms. The average molecular weight is 438 g/mol. The molecule has 0 radical (unpaired) electrons. The van der Waals surface area contributed by atoms with Crippen molar-refractivity contribution in [3.8, 4) is 5.75 Å². The van der Waals surface area contributed by atoms with Crippen LogP contribution in [0.5, 0.6) is 5.75 Å². The molecule has 0 saturated carbocycles. The number of halogens is 2. The monoisotopic (exact) mass is 436 g/mol. The molecule has 1 saturated heterocycles. The molecule has 136 valence electrons. The first-order valence-corrected chi connectivity index (χ1v) is 9.36. The van der Waals surface area contributed by atoms with Gasteiger partial charge in [-0.15, -0.1) is 0 Å². The van der Waals surface area contributed by atoms with E-state index in [0.29, 0.717) is 30.3 Å². The summed E-state index contributed by atoms with van der Waals surface area (Å²) in [6.45, 7) is 2.41. The minimum absolute atomic E-state index is 0.257. The third kappa shape index (κ3) is 3.86. The molecule has 0 aromatic heterocycles. The van der Waals surface area contributed by atoms with Crippen LogP contribution in [0.15, 0.2) is 53.0 Å². The van der Waals surface area contributed by atoms with Crippen LogP contribution in [-0.4, -0.2) is 30.0 Å². The SMILES string of the molecule is CC1(c2cccc(Br)c2)NC(=O)N(CCCOc2ccc(Cl)cc2)C1=O. The van der Waals surface area contributed by atoms with Gasteiger partial charge in [0.1, 0.15) is 11.3 Å². The Balaban J connectivity index is 1.59. The van der Waals surface area contributed by atoms with Crippen molar-refractivity contribution in [2.75, 3.05) is 13.2 Å². The first-order chi connectivity index (χ1) is 12.4. The van der Waals surface area contributed by atoms with Crippen molar-refractivity contribution in [2.24, 2.45) is 0 Å². The molecule has 2 aromatic rings. The second kappa shape index (κ2) is 7.68. The van der Waals surface area contributed by atoms with Crippen molar-refractivity contribution < 1.29 is 14.3 Å². The summed E-state index contributed by atoms with van der Waals surface area (Å²) in [6.07, 6.45) is 0.538. The molecule has 7 heteroatoms. The van der Waals surface area contributed by atoms with Crippen LogP contribution in [0.25, 0.3) is 0 Å². The van der Waals surface area contributed by atoms with Gasteiger partial charge >= 0.3 is 6.03 Å². The number of ether oxygens (including phenoxy) is 1. The molecule has 3 rings (SSSR count). The van der Waals surface area contributed by atoms with E-state index < -0.39 is 5.54 Å². The number of carbonyl (C=O) groups excluding carboxylic acids is 2. The second-order valence-corrected chi connectivity index (χ2v) is 7.53. The van der Waals surface area contributed by atoms with Gasteiger partial charge in [0.05, 0.1) is 6.61 Å². The molecule has 1 heterocycles. The Hall–Kier alpha value is -2.05. The molecule has 5 nitrogen and oxygen atoms in total. The quantitative estimate of drug-likeness (QED) is 0.540. The lowest BCUT2D eigenvalue weighted by molar-refractivity contribution is -0.131. The van der Waals surface area contributed by atoms with Gasteiger partial charge in [-0.25, -0.2) is 4.79 Å². The topological polar surface area (TPSA) is 58.6 Å². The lowest BCUT2D eigenvalue weighted by atomic mass is 9.92. The van der Waals surface area contributed by atoms with E-state index in [1.165, 1.54) is 4.90 Å². The predicted octanol–water partition coefficient (Wildman–Crippen LogP) is 4.34. The third-order valence-electron chi connectivity index (χ3n) is 4.29. The van der Waals surface area contributed by atoms with Crippen molar-refractivity contribution in [3.05, 3.63) is 63.6 Å². The van der Waals surface area contributed by atoms with E-state index in [-0.39, 0.29) is 11.9 Å². The zero-order chi connectivity index (χ0) is 18.7. The van der Waals surface area contributed by atoms with Gasteiger partial charge in [-0.3, -0.25) is 9.69 Å². The molecule has 1 aliphatic heterocycles. The number of rotatable bonds is 6. The van der Waals surface area contributed by atoms with Gasteiger partial charge in [-0.1, -0.05) is 39.7 Å². The highest BCUT2D eigenvalue weighted by molar-refractivity contribution is 9.10. The fraction of sp³-hybridized carbons (Fsp3) is 0.263. The zero-order valence-corrected chi connectivity index (χ0v) is 16.5. The molecule has 0 aliphatic carbocycles. The number of amides is 3. The van der Waals surface area contributed by atoms with Gasteiger partial charge in [0.15, 0.2) is 0 Å². The van der Waals surface area contributed by atoms with E-state index in [1.54, 1.807) is 31.2 Å². The Labute approximate surface area is 165 Å². The summed E-state index contributed by atoms with van der Waals surface area (Å²) < 4.78 is 6.46. The van der Waals surface area contributed by atoms with Crippen molar-refractivity contribution in [2.45, 2.75) is 18.9 Å². The molecule has 0 bridgehead atoms. The first-order valence-electron chi connectivity index (χ1n) is 8.19. The second-order valence-electron chi connectivity index (χ2n) is 6.18.